The van der Waals surface area contributed by atoms with Crippen molar-refractivity contribution in [3.8, 4) is 11.5 Å². The van der Waals surface area contributed by atoms with Crippen molar-refractivity contribution in [1.29, 1.82) is 0 Å². The Balaban J connectivity index is 1.68. The van der Waals surface area contributed by atoms with Gasteiger partial charge in [0.2, 0.25) is 11.7 Å². The molecule has 3 rings (SSSR count). The van der Waals surface area contributed by atoms with Gasteiger partial charge in [0.05, 0.1) is 6.54 Å². The van der Waals surface area contributed by atoms with Gasteiger partial charge in [0.1, 0.15) is 11.2 Å². The predicted molar refractivity (Wildman–Crippen MR) is 68.6 cm³/mol. The molecule has 2 aromatic heterocycles. The average Bonchev–Trinajstić information content (AvgIpc) is 2.87. The summed E-state index contributed by atoms with van der Waals surface area (Å²) in [6.07, 6.45) is 3.83. The Morgan fingerprint density at radius 3 is 2.90 bits per heavy atom. The first kappa shape index (κ1) is 12.7. The summed E-state index contributed by atoms with van der Waals surface area (Å²) in [6.45, 7) is 0.242. The lowest BCUT2D eigenvalue weighted by Crippen LogP contribution is -2.56. The summed E-state index contributed by atoms with van der Waals surface area (Å²) in [7, 11) is 0. The molecule has 1 saturated carbocycles. The van der Waals surface area contributed by atoms with E-state index in [1.54, 1.807) is 18.3 Å². The van der Waals surface area contributed by atoms with Gasteiger partial charge in [-0.3, -0.25) is 15.1 Å². The summed E-state index contributed by atoms with van der Waals surface area (Å²) < 4.78 is 5.11. The van der Waals surface area contributed by atoms with Gasteiger partial charge in [-0.15, -0.1) is 0 Å². The van der Waals surface area contributed by atoms with Crippen LogP contribution in [-0.2, 0) is 11.3 Å². The number of carboxylic acids is 1. The van der Waals surface area contributed by atoms with Gasteiger partial charge in [-0.2, -0.15) is 4.98 Å². The quantitative estimate of drug-likeness (QED) is 0.845. The molecule has 0 spiro atoms. The van der Waals surface area contributed by atoms with E-state index in [0.29, 0.717) is 30.3 Å². The van der Waals surface area contributed by atoms with Crippen molar-refractivity contribution < 1.29 is 14.4 Å². The Kier molecular flexibility index (Phi) is 3.19. The van der Waals surface area contributed by atoms with Crippen molar-refractivity contribution >= 4 is 5.97 Å². The first-order valence-electron chi connectivity index (χ1n) is 6.42. The minimum atomic E-state index is -0.834. The normalized spacial score (nSPS) is 16.6. The van der Waals surface area contributed by atoms with Gasteiger partial charge in [0, 0.05) is 6.20 Å². The van der Waals surface area contributed by atoms with E-state index in [0.717, 1.165) is 6.42 Å². The number of rotatable bonds is 5. The zero-order valence-electron chi connectivity index (χ0n) is 10.7. The first-order valence-corrected chi connectivity index (χ1v) is 6.42. The van der Waals surface area contributed by atoms with Gasteiger partial charge in [-0.1, -0.05) is 11.2 Å². The SMILES string of the molecule is O=C(O)C1(NCc2nc(-c3ccccn3)no2)CCC1. The second kappa shape index (κ2) is 5.01. The third kappa shape index (κ3) is 2.27. The molecule has 1 aliphatic carbocycles. The summed E-state index contributed by atoms with van der Waals surface area (Å²) in [5.74, 6) is -0.0632. The van der Waals surface area contributed by atoms with Crippen molar-refractivity contribution in [2.45, 2.75) is 31.3 Å². The minimum absolute atomic E-state index is 0.242. The van der Waals surface area contributed by atoms with Crippen LogP contribution < -0.4 is 5.32 Å². The lowest BCUT2D eigenvalue weighted by atomic mass is 9.77. The Hall–Kier alpha value is -2.28. The number of nitrogens with zero attached hydrogens (tertiary/aromatic N) is 3. The fraction of sp³-hybridized carbons (Fsp3) is 0.385. The highest BCUT2D eigenvalue weighted by Crippen LogP contribution is 2.32. The highest BCUT2D eigenvalue weighted by Gasteiger charge is 2.44. The molecule has 0 aliphatic heterocycles. The van der Waals surface area contributed by atoms with Crippen LogP contribution in [0.3, 0.4) is 0 Å². The van der Waals surface area contributed by atoms with Crippen molar-refractivity contribution in [1.82, 2.24) is 20.4 Å². The highest BCUT2D eigenvalue weighted by atomic mass is 16.5. The number of carboxylic acid groups (broad SMARTS) is 1. The summed E-state index contributed by atoms with van der Waals surface area (Å²) in [5, 5.41) is 16.0. The molecule has 104 valence electrons. The van der Waals surface area contributed by atoms with Gasteiger partial charge in [-0.05, 0) is 31.4 Å². The molecule has 1 aliphatic rings. The number of aromatic nitrogens is 3. The number of carbonyl (C=O) groups is 1. The van der Waals surface area contributed by atoms with E-state index in [1.165, 1.54) is 0 Å². The van der Waals surface area contributed by atoms with E-state index in [2.05, 4.69) is 20.4 Å². The summed E-state index contributed by atoms with van der Waals surface area (Å²) in [4.78, 5) is 19.5. The number of nitrogens with one attached hydrogen (secondary N) is 1. The van der Waals surface area contributed by atoms with Crippen LogP contribution in [0.4, 0.5) is 0 Å². The minimum Gasteiger partial charge on any atom is -0.480 e. The topological polar surface area (TPSA) is 101 Å². The van der Waals surface area contributed by atoms with E-state index in [-0.39, 0.29) is 6.54 Å². The van der Waals surface area contributed by atoms with Crippen molar-refractivity contribution in [2.75, 3.05) is 0 Å². The number of pyridine rings is 1. The molecule has 7 nitrogen and oxygen atoms in total. The lowest BCUT2D eigenvalue weighted by molar-refractivity contribution is -0.149. The smallest absolute Gasteiger partial charge is 0.323 e. The van der Waals surface area contributed by atoms with E-state index in [1.807, 2.05) is 6.07 Å². The molecule has 7 heteroatoms. The zero-order valence-corrected chi connectivity index (χ0v) is 10.7. The van der Waals surface area contributed by atoms with E-state index < -0.39 is 11.5 Å². The third-order valence-electron chi connectivity index (χ3n) is 3.56. The number of hydrogen-bond donors (Lipinski definition) is 2. The monoisotopic (exact) mass is 274 g/mol. The van der Waals surface area contributed by atoms with Crippen molar-refractivity contribution in [3.05, 3.63) is 30.3 Å². The second-order valence-electron chi connectivity index (χ2n) is 4.82. The molecule has 0 radical (unpaired) electrons. The fourth-order valence-electron chi connectivity index (χ4n) is 2.17. The molecule has 0 saturated heterocycles. The standard InChI is InChI=1S/C13H14N4O3/c18-12(19)13(5-3-6-13)15-8-10-16-11(17-20-10)9-4-1-2-7-14-9/h1-2,4,7,15H,3,5-6,8H2,(H,18,19). The average molecular weight is 274 g/mol. The molecule has 1 fully saturated rings. The van der Waals surface area contributed by atoms with E-state index >= 15 is 0 Å². The van der Waals surface area contributed by atoms with Gasteiger partial charge in [0.15, 0.2) is 0 Å². The zero-order chi connectivity index (χ0) is 14.0. The summed E-state index contributed by atoms with van der Waals surface area (Å²) in [5.41, 5.74) is -0.210. The van der Waals surface area contributed by atoms with Crippen LogP contribution in [0.15, 0.2) is 28.9 Å². The Morgan fingerprint density at radius 1 is 1.45 bits per heavy atom. The van der Waals surface area contributed by atoms with Crippen LogP contribution in [0.2, 0.25) is 0 Å². The number of aliphatic carboxylic acids is 1. The fourth-order valence-corrected chi connectivity index (χ4v) is 2.17. The predicted octanol–water partition coefficient (Wildman–Crippen LogP) is 1.23. The van der Waals surface area contributed by atoms with Gasteiger partial charge >= 0.3 is 5.97 Å². The molecule has 0 amide bonds. The van der Waals surface area contributed by atoms with E-state index in [4.69, 9.17) is 4.52 Å². The largest absolute Gasteiger partial charge is 0.480 e. The third-order valence-corrected chi connectivity index (χ3v) is 3.56. The molecular weight excluding hydrogens is 260 g/mol. The molecule has 0 bridgehead atoms. The van der Waals surface area contributed by atoms with Crippen LogP contribution >= 0.6 is 0 Å². The molecule has 0 unspecified atom stereocenters. The molecular formula is C13H14N4O3. The Bertz CT molecular complexity index is 607. The van der Waals surface area contributed by atoms with Crippen LogP contribution in [0.1, 0.15) is 25.2 Å². The molecule has 2 N–H and O–H groups in total. The molecule has 2 aromatic rings. The summed E-state index contributed by atoms with van der Waals surface area (Å²) in [6, 6.07) is 5.43. The highest BCUT2D eigenvalue weighted by molar-refractivity contribution is 5.79. The first-order chi connectivity index (χ1) is 9.70. The number of hydrogen-bond acceptors (Lipinski definition) is 6. The molecule has 0 aromatic carbocycles. The van der Waals surface area contributed by atoms with Crippen LogP contribution in [-0.4, -0.2) is 31.7 Å². The van der Waals surface area contributed by atoms with Crippen LogP contribution in [0.5, 0.6) is 0 Å². The maximum atomic E-state index is 11.2. The Labute approximate surface area is 115 Å². The Morgan fingerprint density at radius 2 is 2.30 bits per heavy atom. The second-order valence-corrected chi connectivity index (χ2v) is 4.82. The van der Waals surface area contributed by atoms with Crippen LogP contribution in [0, 0.1) is 0 Å². The lowest BCUT2D eigenvalue weighted by Gasteiger charge is -2.38. The molecule has 20 heavy (non-hydrogen) atoms. The van der Waals surface area contributed by atoms with Crippen molar-refractivity contribution in [3.63, 3.8) is 0 Å². The molecule has 0 atom stereocenters. The molecule has 2 heterocycles. The van der Waals surface area contributed by atoms with Gasteiger partial charge < -0.3 is 9.63 Å². The van der Waals surface area contributed by atoms with Crippen LogP contribution in [0.25, 0.3) is 11.5 Å². The van der Waals surface area contributed by atoms with Gasteiger partial charge in [0.25, 0.3) is 0 Å². The summed E-state index contributed by atoms with van der Waals surface area (Å²) >= 11 is 0. The maximum Gasteiger partial charge on any atom is 0.323 e. The maximum absolute atomic E-state index is 11.2. The van der Waals surface area contributed by atoms with Crippen molar-refractivity contribution in [2.24, 2.45) is 0 Å². The van der Waals surface area contributed by atoms with Gasteiger partial charge in [-0.25, -0.2) is 0 Å². The van der Waals surface area contributed by atoms with E-state index in [9.17, 15) is 9.90 Å².